The smallest absolute Gasteiger partial charge is 0.377 e. The van der Waals surface area contributed by atoms with Crippen LogP contribution in [-0.2, 0) is 10.2 Å². The lowest BCUT2D eigenvalue weighted by Crippen LogP contribution is -2.53. The third kappa shape index (κ3) is 2.86. The van der Waals surface area contributed by atoms with Gasteiger partial charge in [0.1, 0.15) is 5.41 Å². The van der Waals surface area contributed by atoms with E-state index in [0.717, 1.165) is 0 Å². The average Bonchev–Trinajstić information content (AvgIpc) is 2.51. The monoisotopic (exact) mass is 372 g/mol. The molecule has 0 radical (unpaired) electrons. The Morgan fingerprint density at radius 3 is 2.72 bits per heavy atom. The predicted molar refractivity (Wildman–Crippen MR) is 88.2 cm³/mol. The number of ether oxygens (including phenoxy) is 1. The predicted octanol–water partition coefficient (Wildman–Crippen LogP) is 4.75. The van der Waals surface area contributed by atoms with Crippen molar-refractivity contribution in [1.29, 1.82) is 0 Å². The lowest BCUT2D eigenvalue weighted by molar-refractivity contribution is -0.195. The standard InChI is InChI=1S/C17H16ClF3N2O2/c1-10(2)25-9-16(17(19,20)21)12-4-3-7-23(24)15(12)22-14-6-5-11(18)8-13(14)16/h3-8,10,24H,9H2,1-2H3/t16-/m0/s1. The summed E-state index contributed by atoms with van der Waals surface area (Å²) in [6.07, 6.45) is -1.24. The topological polar surface area (TPSA) is 45.1 Å². The van der Waals surface area contributed by atoms with E-state index in [2.05, 4.69) is 4.99 Å². The van der Waals surface area contributed by atoms with Gasteiger partial charge in [0.05, 0.1) is 18.4 Å². The van der Waals surface area contributed by atoms with Gasteiger partial charge in [-0.2, -0.15) is 13.2 Å². The number of amidine groups is 1. The molecule has 134 valence electrons. The first-order chi connectivity index (χ1) is 11.7. The summed E-state index contributed by atoms with van der Waals surface area (Å²) >= 11 is 5.97. The SMILES string of the molecule is CC(C)OC[C@]1(C(F)(F)F)C2=CC=CN(O)C2=Nc2ccc(Cl)cc21. The second-order valence-electron chi connectivity index (χ2n) is 6.13. The molecule has 2 aliphatic heterocycles. The summed E-state index contributed by atoms with van der Waals surface area (Å²) in [5.41, 5.74) is -2.66. The number of nitrogens with zero attached hydrogens (tertiary/aromatic N) is 2. The van der Waals surface area contributed by atoms with Crippen LogP contribution in [0.5, 0.6) is 0 Å². The Hall–Kier alpha value is -1.83. The zero-order chi connectivity index (χ0) is 18.4. The Labute approximate surface area is 147 Å². The van der Waals surface area contributed by atoms with E-state index in [9.17, 15) is 18.4 Å². The summed E-state index contributed by atoms with van der Waals surface area (Å²) in [5, 5.41) is 10.8. The van der Waals surface area contributed by atoms with E-state index >= 15 is 0 Å². The highest BCUT2D eigenvalue weighted by atomic mass is 35.5. The fraction of sp³-hybridized carbons (Fsp3) is 0.353. The average molecular weight is 373 g/mol. The minimum Gasteiger partial charge on any atom is -0.377 e. The van der Waals surface area contributed by atoms with Crippen molar-refractivity contribution in [3.05, 3.63) is 52.7 Å². The van der Waals surface area contributed by atoms with Crippen LogP contribution >= 0.6 is 11.6 Å². The minimum absolute atomic E-state index is 0.0909. The molecule has 0 unspecified atom stereocenters. The van der Waals surface area contributed by atoms with Crippen molar-refractivity contribution in [2.24, 2.45) is 4.99 Å². The third-order valence-corrected chi connectivity index (χ3v) is 4.40. The van der Waals surface area contributed by atoms with Crippen molar-refractivity contribution in [2.45, 2.75) is 31.5 Å². The van der Waals surface area contributed by atoms with Gasteiger partial charge in [0.15, 0.2) is 5.84 Å². The summed E-state index contributed by atoms with van der Waals surface area (Å²) in [4.78, 5) is 4.18. The fourth-order valence-corrected chi connectivity index (χ4v) is 3.15. The molecule has 0 spiro atoms. The maximum atomic E-state index is 14.4. The number of fused-ring (bicyclic) bond motifs is 2. The van der Waals surface area contributed by atoms with Crippen LogP contribution in [0.3, 0.4) is 0 Å². The van der Waals surface area contributed by atoms with Crippen molar-refractivity contribution in [3.8, 4) is 0 Å². The van der Waals surface area contributed by atoms with E-state index in [1.165, 1.54) is 36.6 Å². The molecule has 0 saturated carbocycles. The van der Waals surface area contributed by atoms with E-state index in [-0.39, 0.29) is 27.7 Å². The summed E-state index contributed by atoms with van der Waals surface area (Å²) in [6, 6.07) is 4.13. The number of rotatable bonds is 3. The Morgan fingerprint density at radius 1 is 1.36 bits per heavy atom. The molecule has 0 aromatic heterocycles. The van der Waals surface area contributed by atoms with Crippen LogP contribution in [0.4, 0.5) is 18.9 Å². The normalized spacial score (nSPS) is 22.5. The minimum atomic E-state index is -4.69. The van der Waals surface area contributed by atoms with Crippen LogP contribution < -0.4 is 0 Å². The molecular formula is C17H16ClF3N2O2. The molecule has 2 aliphatic rings. The Bertz CT molecular complexity index is 787. The first-order valence-corrected chi connectivity index (χ1v) is 7.99. The number of hydroxylamine groups is 2. The quantitative estimate of drug-likeness (QED) is 0.832. The van der Waals surface area contributed by atoms with Crippen molar-refractivity contribution in [2.75, 3.05) is 6.61 Å². The van der Waals surface area contributed by atoms with Gasteiger partial charge in [0.25, 0.3) is 0 Å². The number of halogens is 4. The largest absolute Gasteiger partial charge is 0.404 e. The number of allylic oxidation sites excluding steroid dienone is 2. The zero-order valence-electron chi connectivity index (χ0n) is 13.5. The lowest BCUT2D eigenvalue weighted by Gasteiger charge is -2.43. The van der Waals surface area contributed by atoms with Gasteiger partial charge in [-0.25, -0.2) is 10.1 Å². The number of alkyl halides is 3. The van der Waals surface area contributed by atoms with Crippen LogP contribution in [0.1, 0.15) is 19.4 Å². The fourth-order valence-electron chi connectivity index (χ4n) is 2.98. The van der Waals surface area contributed by atoms with Gasteiger partial charge in [0.2, 0.25) is 0 Å². The molecule has 0 fully saturated rings. The van der Waals surface area contributed by atoms with Crippen LogP contribution in [0.2, 0.25) is 5.02 Å². The molecule has 0 aliphatic carbocycles. The maximum absolute atomic E-state index is 14.4. The molecule has 8 heteroatoms. The van der Waals surface area contributed by atoms with Crippen molar-refractivity contribution >= 4 is 23.1 Å². The molecule has 1 aromatic carbocycles. The second kappa shape index (κ2) is 6.16. The molecule has 1 aromatic rings. The first-order valence-electron chi connectivity index (χ1n) is 7.61. The summed E-state index contributed by atoms with van der Waals surface area (Å²) in [5.74, 6) is -0.179. The molecule has 2 heterocycles. The van der Waals surface area contributed by atoms with E-state index in [1.807, 2.05) is 0 Å². The highest BCUT2D eigenvalue weighted by Gasteiger charge is 2.62. The third-order valence-electron chi connectivity index (χ3n) is 4.17. The van der Waals surface area contributed by atoms with E-state index in [1.54, 1.807) is 13.8 Å². The van der Waals surface area contributed by atoms with Gasteiger partial charge in [-0.3, -0.25) is 5.21 Å². The number of benzene rings is 1. The molecule has 1 N–H and O–H groups in total. The van der Waals surface area contributed by atoms with Gasteiger partial charge in [-0.05, 0) is 38.1 Å². The van der Waals surface area contributed by atoms with Gasteiger partial charge < -0.3 is 4.74 Å². The summed E-state index contributed by atoms with van der Waals surface area (Å²) in [6.45, 7) is 2.68. The molecule has 3 rings (SSSR count). The molecule has 1 atom stereocenters. The van der Waals surface area contributed by atoms with Crippen molar-refractivity contribution in [1.82, 2.24) is 5.06 Å². The van der Waals surface area contributed by atoms with Crippen LogP contribution in [0.15, 0.2) is 47.1 Å². The van der Waals surface area contributed by atoms with E-state index < -0.39 is 24.3 Å². The van der Waals surface area contributed by atoms with Gasteiger partial charge >= 0.3 is 6.18 Å². The maximum Gasteiger partial charge on any atom is 0.404 e. The summed E-state index contributed by atoms with van der Waals surface area (Å²) < 4.78 is 48.6. The molecular weight excluding hydrogens is 357 g/mol. The molecule has 25 heavy (non-hydrogen) atoms. The molecule has 0 saturated heterocycles. The number of hydrogen-bond donors (Lipinski definition) is 1. The van der Waals surface area contributed by atoms with Crippen LogP contribution in [0, 0.1) is 0 Å². The van der Waals surface area contributed by atoms with Crippen molar-refractivity contribution in [3.63, 3.8) is 0 Å². The highest BCUT2D eigenvalue weighted by molar-refractivity contribution is 6.30. The van der Waals surface area contributed by atoms with Crippen molar-refractivity contribution < 1.29 is 23.1 Å². The zero-order valence-corrected chi connectivity index (χ0v) is 14.3. The van der Waals surface area contributed by atoms with Crippen LogP contribution in [0.25, 0.3) is 0 Å². The molecule has 0 amide bonds. The molecule has 4 nitrogen and oxygen atoms in total. The van der Waals surface area contributed by atoms with Gasteiger partial charge in [-0.1, -0.05) is 17.7 Å². The lowest BCUT2D eigenvalue weighted by atomic mass is 9.70. The number of aliphatic imine (C=N–C) groups is 1. The Kier molecular flexibility index (Phi) is 4.43. The van der Waals surface area contributed by atoms with Gasteiger partial charge in [0, 0.05) is 22.4 Å². The highest BCUT2D eigenvalue weighted by Crippen LogP contribution is 2.54. The first kappa shape index (κ1) is 18.0. The Morgan fingerprint density at radius 2 is 2.08 bits per heavy atom. The Balaban J connectivity index is 2.32. The van der Waals surface area contributed by atoms with E-state index in [4.69, 9.17) is 16.3 Å². The van der Waals surface area contributed by atoms with Gasteiger partial charge in [-0.15, -0.1) is 0 Å². The van der Waals surface area contributed by atoms with E-state index in [0.29, 0.717) is 5.06 Å². The summed E-state index contributed by atoms with van der Waals surface area (Å²) in [7, 11) is 0. The second-order valence-corrected chi connectivity index (χ2v) is 6.56. The molecule has 0 bridgehead atoms. The number of hydrogen-bond acceptors (Lipinski definition) is 4. The van der Waals surface area contributed by atoms with Crippen LogP contribution in [-0.4, -0.2) is 35.0 Å².